The predicted molar refractivity (Wildman–Crippen MR) is 129 cm³/mol. The molecular formula is C26H28ClN3. The average Bonchev–Trinajstić information content (AvgIpc) is 2.78. The maximum absolute atomic E-state index is 9.56. The first-order valence-corrected chi connectivity index (χ1v) is 10.7. The molecule has 1 aliphatic rings. The highest BCUT2D eigenvalue weighted by Crippen LogP contribution is 2.26. The van der Waals surface area contributed by atoms with E-state index in [1.807, 2.05) is 36.4 Å². The highest BCUT2D eigenvalue weighted by Gasteiger charge is 2.17. The number of hydrogen-bond acceptors (Lipinski definition) is 3. The lowest BCUT2D eigenvalue weighted by atomic mass is 10.0. The molecule has 0 amide bonds. The quantitative estimate of drug-likeness (QED) is 0.312. The van der Waals surface area contributed by atoms with Crippen molar-refractivity contribution in [2.24, 2.45) is 0 Å². The van der Waals surface area contributed by atoms with Gasteiger partial charge in [0, 0.05) is 49.0 Å². The number of anilines is 1. The van der Waals surface area contributed by atoms with Gasteiger partial charge in [0.25, 0.3) is 0 Å². The number of nitrogens with zero attached hydrogens (tertiary/aromatic N) is 3. The molecule has 0 saturated carbocycles. The Kier molecular flexibility index (Phi) is 7.90. The van der Waals surface area contributed by atoms with Crippen molar-refractivity contribution in [3.8, 4) is 6.07 Å². The van der Waals surface area contributed by atoms with Gasteiger partial charge in [0.2, 0.25) is 0 Å². The van der Waals surface area contributed by atoms with Crippen molar-refractivity contribution in [2.75, 3.05) is 37.6 Å². The van der Waals surface area contributed by atoms with E-state index in [4.69, 9.17) is 11.6 Å². The normalized spacial score (nSPS) is 15.7. The van der Waals surface area contributed by atoms with Crippen LogP contribution in [0.4, 0.5) is 5.69 Å². The topological polar surface area (TPSA) is 30.3 Å². The number of piperazine rings is 1. The Morgan fingerprint density at radius 1 is 1.10 bits per heavy atom. The monoisotopic (exact) mass is 417 g/mol. The molecule has 1 saturated heterocycles. The van der Waals surface area contributed by atoms with Gasteiger partial charge in [0.05, 0.1) is 11.6 Å². The van der Waals surface area contributed by atoms with Gasteiger partial charge in [-0.1, -0.05) is 66.2 Å². The lowest BCUT2D eigenvalue weighted by Crippen LogP contribution is -2.46. The van der Waals surface area contributed by atoms with E-state index in [-0.39, 0.29) is 0 Å². The van der Waals surface area contributed by atoms with Crippen molar-refractivity contribution in [1.82, 2.24) is 4.90 Å². The maximum atomic E-state index is 9.56. The second-order valence-electron chi connectivity index (χ2n) is 7.57. The summed E-state index contributed by atoms with van der Waals surface area (Å²) in [4.78, 5) is 4.95. The van der Waals surface area contributed by atoms with Crippen molar-refractivity contribution >= 4 is 28.9 Å². The van der Waals surface area contributed by atoms with E-state index < -0.39 is 0 Å². The molecule has 0 atom stereocenters. The second-order valence-corrected chi connectivity index (χ2v) is 7.98. The number of rotatable bonds is 7. The van der Waals surface area contributed by atoms with Crippen LogP contribution in [0.2, 0.25) is 5.02 Å². The minimum absolute atomic E-state index is 0.572. The summed E-state index contributed by atoms with van der Waals surface area (Å²) in [5, 5.41) is 10.2. The van der Waals surface area contributed by atoms with Crippen molar-refractivity contribution in [2.45, 2.75) is 13.3 Å². The zero-order chi connectivity index (χ0) is 21.3. The smallest absolute Gasteiger partial charge is 0.0998 e. The van der Waals surface area contributed by atoms with Gasteiger partial charge in [-0.15, -0.1) is 0 Å². The largest absolute Gasteiger partial charge is 0.369 e. The Morgan fingerprint density at radius 3 is 2.43 bits per heavy atom. The highest BCUT2D eigenvalue weighted by atomic mass is 35.5. The highest BCUT2D eigenvalue weighted by molar-refractivity contribution is 6.32. The summed E-state index contributed by atoms with van der Waals surface area (Å²) in [7, 11) is 0. The van der Waals surface area contributed by atoms with Crippen molar-refractivity contribution in [3.05, 3.63) is 89.0 Å². The van der Waals surface area contributed by atoms with Crippen LogP contribution in [0.25, 0.3) is 11.6 Å². The first-order chi connectivity index (χ1) is 14.6. The van der Waals surface area contributed by atoms with Gasteiger partial charge in [0.1, 0.15) is 0 Å². The van der Waals surface area contributed by atoms with Gasteiger partial charge in [-0.05, 0) is 43.2 Å². The van der Waals surface area contributed by atoms with Crippen LogP contribution in [0.5, 0.6) is 0 Å². The molecule has 0 bridgehead atoms. The number of nitriles is 1. The lowest BCUT2D eigenvalue weighted by Gasteiger charge is -2.36. The Labute approximate surface area is 185 Å². The van der Waals surface area contributed by atoms with Crippen LogP contribution >= 0.6 is 11.6 Å². The van der Waals surface area contributed by atoms with E-state index in [9.17, 15) is 5.26 Å². The molecule has 30 heavy (non-hydrogen) atoms. The van der Waals surface area contributed by atoms with Crippen LogP contribution in [0.15, 0.2) is 72.8 Å². The summed E-state index contributed by atoms with van der Waals surface area (Å²) in [6.45, 7) is 11.2. The number of allylic oxidation sites excluding steroid dienone is 3. The minimum Gasteiger partial charge on any atom is -0.369 e. The second kappa shape index (κ2) is 10.8. The third-order valence-electron chi connectivity index (χ3n) is 5.45. The van der Waals surface area contributed by atoms with Gasteiger partial charge in [0.15, 0.2) is 0 Å². The molecule has 2 aromatic rings. The van der Waals surface area contributed by atoms with Crippen LogP contribution in [-0.4, -0.2) is 37.6 Å². The van der Waals surface area contributed by atoms with Gasteiger partial charge < -0.3 is 4.90 Å². The summed E-state index contributed by atoms with van der Waals surface area (Å²) in [5.74, 6) is 0. The molecule has 3 nitrogen and oxygen atoms in total. The minimum atomic E-state index is 0.572. The molecule has 1 fully saturated rings. The van der Waals surface area contributed by atoms with Crippen molar-refractivity contribution in [3.63, 3.8) is 0 Å². The molecule has 1 heterocycles. The van der Waals surface area contributed by atoms with E-state index in [1.165, 1.54) is 11.3 Å². The summed E-state index contributed by atoms with van der Waals surface area (Å²) in [5.41, 5.74) is 4.94. The average molecular weight is 418 g/mol. The maximum Gasteiger partial charge on any atom is 0.0998 e. The van der Waals surface area contributed by atoms with Gasteiger partial charge in [-0.2, -0.15) is 5.26 Å². The molecule has 154 valence electrons. The summed E-state index contributed by atoms with van der Waals surface area (Å²) >= 11 is 6.25. The summed E-state index contributed by atoms with van der Waals surface area (Å²) in [6, 6.07) is 18.1. The molecule has 0 radical (unpaired) electrons. The number of halogens is 1. The van der Waals surface area contributed by atoms with Crippen LogP contribution in [0.1, 0.15) is 24.5 Å². The number of benzene rings is 2. The fraction of sp³-hybridized carbons (Fsp3) is 0.269. The molecule has 2 aromatic carbocycles. The van der Waals surface area contributed by atoms with Crippen LogP contribution in [0, 0.1) is 11.3 Å². The predicted octanol–water partition coefficient (Wildman–Crippen LogP) is 6.05. The molecular weight excluding hydrogens is 390 g/mol. The fourth-order valence-corrected chi connectivity index (χ4v) is 3.88. The molecule has 3 rings (SSSR count). The number of hydrogen-bond donors (Lipinski definition) is 0. The Bertz CT molecular complexity index is 959. The van der Waals surface area contributed by atoms with Crippen LogP contribution in [0.3, 0.4) is 0 Å². The van der Waals surface area contributed by atoms with E-state index in [0.717, 1.165) is 50.3 Å². The van der Waals surface area contributed by atoms with Crippen molar-refractivity contribution in [1.29, 1.82) is 5.26 Å². The zero-order valence-electron chi connectivity index (χ0n) is 17.5. The summed E-state index contributed by atoms with van der Waals surface area (Å²) in [6.07, 6.45) is 6.94. The third kappa shape index (κ3) is 5.86. The van der Waals surface area contributed by atoms with E-state index in [0.29, 0.717) is 10.6 Å². The van der Waals surface area contributed by atoms with Gasteiger partial charge in [-0.3, -0.25) is 4.90 Å². The molecule has 0 unspecified atom stereocenters. The molecule has 0 spiro atoms. The Morgan fingerprint density at radius 2 is 1.80 bits per heavy atom. The molecule has 0 N–H and O–H groups in total. The molecule has 0 aromatic heterocycles. The molecule has 0 aliphatic carbocycles. The Hall–Kier alpha value is -2.80. The molecule has 4 heteroatoms. The first-order valence-electron chi connectivity index (χ1n) is 10.3. The zero-order valence-corrected chi connectivity index (χ0v) is 18.3. The summed E-state index contributed by atoms with van der Waals surface area (Å²) < 4.78 is 0. The van der Waals surface area contributed by atoms with Gasteiger partial charge in [-0.25, -0.2) is 0 Å². The fourth-order valence-electron chi connectivity index (χ4n) is 3.65. The Balaban J connectivity index is 1.60. The van der Waals surface area contributed by atoms with E-state index >= 15 is 0 Å². The van der Waals surface area contributed by atoms with E-state index in [2.05, 4.69) is 59.7 Å². The van der Waals surface area contributed by atoms with Gasteiger partial charge >= 0.3 is 0 Å². The van der Waals surface area contributed by atoms with Crippen molar-refractivity contribution < 1.29 is 0 Å². The SMILES string of the molecule is C=C/C=C(\C)CCN1CCN(c2ccc(/C=C(\C#N)c3ccccc3Cl)cc2)CC1. The molecule has 1 aliphatic heterocycles. The van der Waals surface area contributed by atoms with E-state index in [1.54, 1.807) is 0 Å². The third-order valence-corrected chi connectivity index (χ3v) is 5.78. The van der Waals surface area contributed by atoms with Crippen LogP contribution in [-0.2, 0) is 0 Å². The first kappa shape index (κ1) is 21.9. The standard InChI is InChI=1S/C26H28ClN3/c1-3-6-21(2)13-14-29-15-17-30(18-16-29)24-11-9-22(10-12-24)19-23(20-28)25-7-4-5-8-26(25)27/h3-12,19H,1,13-18H2,2H3/b21-6+,23-19+. The lowest BCUT2D eigenvalue weighted by molar-refractivity contribution is 0.261. The van der Waals surface area contributed by atoms with Crippen LogP contribution < -0.4 is 4.90 Å².